The van der Waals surface area contributed by atoms with Gasteiger partial charge in [0.2, 0.25) is 0 Å². The predicted octanol–water partition coefficient (Wildman–Crippen LogP) is 6.66. The molecule has 0 aliphatic carbocycles. The van der Waals surface area contributed by atoms with Gasteiger partial charge in [0.1, 0.15) is 6.73 Å². The van der Waals surface area contributed by atoms with Crippen molar-refractivity contribution in [1.29, 1.82) is 0 Å². The molecule has 0 radical (unpaired) electrons. The number of aromatic nitrogens is 3. The summed E-state index contributed by atoms with van der Waals surface area (Å²) in [6, 6.07) is 18.7. The second kappa shape index (κ2) is 12.4. The molecule has 0 amide bonds. The molecule has 3 heterocycles. The van der Waals surface area contributed by atoms with Gasteiger partial charge in [0.25, 0.3) is 10.0 Å². The van der Waals surface area contributed by atoms with Crippen LogP contribution in [-0.4, -0.2) is 56.8 Å². The lowest BCUT2D eigenvalue weighted by molar-refractivity contribution is 0.0600. The molecule has 2 aromatic carbocycles. The van der Waals surface area contributed by atoms with Gasteiger partial charge in [-0.05, 0) is 48.5 Å². The van der Waals surface area contributed by atoms with Gasteiger partial charge < -0.3 is 18.8 Å². The number of esters is 1. The lowest BCUT2D eigenvalue weighted by Crippen LogP contribution is -2.22. The molecule has 0 saturated heterocycles. The van der Waals surface area contributed by atoms with Crippen LogP contribution in [0.15, 0.2) is 84.0 Å². The van der Waals surface area contributed by atoms with E-state index in [4.69, 9.17) is 14.2 Å². The van der Waals surface area contributed by atoms with Crippen molar-refractivity contribution < 1.29 is 31.8 Å². The highest BCUT2D eigenvalue weighted by Crippen LogP contribution is 2.39. The van der Waals surface area contributed by atoms with Crippen LogP contribution < -0.4 is 4.74 Å². The van der Waals surface area contributed by atoms with E-state index >= 15 is 4.39 Å². The number of hydrogen-bond donors (Lipinski definition) is 0. The molecule has 5 rings (SSSR count). The van der Waals surface area contributed by atoms with E-state index in [1.165, 1.54) is 44.8 Å². The summed E-state index contributed by atoms with van der Waals surface area (Å²) >= 11 is 0. The third kappa shape index (κ3) is 5.92. The first-order valence-corrected chi connectivity index (χ1v) is 19.1. The molecule has 12 heteroatoms. The van der Waals surface area contributed by atoms with Crippen molar-refractivity contribution in [1.82, 2.24) is 13.5 Å². The molecule has 3 aromatic heterocycles. The molecule has 0 atom stereocenters. The van der Waals surface area contributed by atoms with Crippen molar-refractivity contribution in [2.24, 2.45) is 0 Å². The molecule has 0 spiro atoms. The summed E-state index contributed by atoms with van der Waals surface area (Å²) < 4.78 is 62.2. The molecular weight excluding hydrogens is 602 g/mol. The van der Waals surface area contributed by atoms with Gasteiger partial charge in [0.15, 0.2) is 17.2 Å². The average molecular weight is 636 g/mol. The minimum atomic E-state index is -3.95. The van der Waals surface area contributed by atoms with E-state index in [0.717, 1.165) is 10.0 Å². The number of ether oxygens (including phenoxy) is 3. The largest absolute Gasteiger partial charge is 0.494 e. The van der Waals surface area contributed by atoms with Crippen LogP contribution in [0.5, 0.6) is 5.75 Å². The summed E-state index contributed by atoms with van der Waals surface area (Å²) in [4.78, 5) is 17.7. The molecule has 9 nitrogen and oxygen atoms in total. The van der Waals surface area contributed by atoms with Crippen molar-refractivity contribution in [3.8, 4) is 28.3 Å². The minimum absolute atomic E-state index is 0.00434. The summed E-state index contributed by atoms with van der Waals surface area (Å²) in [7, 11) is -2.74. The lowest BCUT2D eigenvalue weighted by atomic mass is 10.1. The Morgan fingerprint density at radius 2 is 1.73 bits per heavy atom. The molecule has 230 valence electrons. The van der Waals surface area contributed by atoms with E-state index in [-0.39, 0.29) is 39.8 Å². The maximum Gasteiger partial charge on any atom is 0.340 e. The van der Waals surface area contributed by atoms with Crippen LogP contribution in [0.2, 0.25) is 25.7 Å². The predicted molar refractivity (Wildman–Crippen MR) is 170 cm³/mol. The Labute approximate surface area is 256 Å². The number of pyridine rings is 1. The number of benzene rings is 2. The number of halogens is 1. The number of hydrogen-bond acceptors (Lipinski definition) is 7. The Hall–Kier alpha value is -4.26. The number of rotatable bonds is 11. The molecule has 0 saturated carbocycles. The number of carbonyl (C=O) groups is 1. The monoisotopic (exact) mass is 635 g/mol. The van der Waals surface area contributed by atoms with Crippen molar-refractivity contribution in [2.75, 3.05) is 20.8 Å². The van der Waals surface area contributed by atoms with Crippen LogP contribution in [-0.2, 0) is 26.2 Å². The van der Waals surface area contributed by atoms with E-state index in [1.54, 1.807) is 53.1 Å². The summed E-state index contributed by atoms with van der Waals surface area (Å²) in [6.07, 6.45) is 2.95. The van der Waals surface area contributed by atoms with E-state index in [0.29, 0.717) is 23.3 Å². The fourth-order valence-electron chi connectivity index (χ4n) is 4.99. The van der Waals surface area contributed by atoms with Gasteiger partial charge in [0, 0.05) is 43.6 Å². The Bertz CT molecular complexity index is 1930. The molecule has 0 bridgehead atoms. The molecule has 0 fully saturated rings. The first-order chi connectivity index (χ1) is 21.0. The second-order valence-electron chi connectivity index (χ2n) is 11.4. The van der Waals surface area contributed by atoms with Gasteiger partial charge in [0.05, 0.1) is 36.1 Å². The first-order valence-electron chi connectivity index (χ1n) is 14.0. The normalized spacial score (nSPS) is 12.0. The van der Waals surface area contributed by atoms with E-state index in [2.05, 4.69) is 24.6 Å². The van der Waals surface area contributed by atoms with Gasteiger partial charge in [-0.1, -0.05) is 43.9 Å². The molecule has 44 heavy (non-hydrogen) atoms. The zero-order chi connectivity index (χ0) is 31.6. The summed E-state index contributed by atoms with van der Waals surface area (Å²) in [5.74, 6) is -1.30. The van der Waals surface area contributed by atoms with E-state index in [1.807, 2.05) is 0 Å². The van der Waals surface area contributed by atoms with Crippen LogP contribution in [0, 0.1) is 5.82 Å². The second-order valence-corrected chi connectivity index (χ2v) is 18.8. The number of carbonyl (C=O) groups excluding carboxylic acids is 1. The zero-order valence-corrected chi connectivity index (χ0v) is 27.0. The fraction of sp³-hybridized carbons (Fsp3) is 0.250. The molecular formula is C32H34FN3O6SSi. The van der Waals surface area contributed by atoms with Crippen LogP contribution in [0.25, 0.3) is 33.5 Å². The highest BCUT2D eigenvalue weighted by atomic mass is 32.2. The van der Waals surface area contributed by atoms with Crippen molar-refractivity contribution in [3.63, 3.8) is 0 Å². The third-order valence-corrected chi connectivity index (χ3v) is 10.7. The molecule has 5 aromatic rings. The Morgan fingerprint density at radius 3 is 2.41 bits per heavy atom. The number of fused-ring (bicyclic) bond motifs is 1. The van der Waals surface area contributed by atoms with Crippen molar-refractivity contribution >= 4 is 35.1 Å². The summed E-state index contributed by atoms with van der Waals surface area (Å²) in [5.41, 5.74) is 1.76. The maximum absolute atomic E-state index is 15.8. The summed E-state index contributed by atoms with van der Waals surface area (Å²) in [5, 5.41) is 0.516. The molecule has 0 N–H and O–H groups in total. The van der Waals surface area contributed by atoms with Crippen LogP contribution in [0.3, 0.4) is 0 Å². The lowest BCUT2D eigenvalue weighted by Gasteiger charge is -2.19. The first kappa shape index (κ1) is 31.2. The van der Waals surface area contributed by atoms with Crippen molar-refractivity contribution in [3.05, 3.63) is 90.5 Å². The Kier molecular flexibility index (Phi) is 8.77. The van der Waals surface area contributed by atoms with Gasteiger partial charge >= 0.3 is 5.97 Å². The van der Waals surface area contributed by atoms with Crippen LogP contribution in [0.1, 0.15) is 10.4 Å². The standard InChI is InChI=1S/C32H34FN3O6SSi/c1-40-28-13-9-12-25(29(28)33)30-26(32(37)41-2)20-27(35(30)21-42-18-19-44(3,4)5)23-14-16-34-31-24(23)15-17-36(31)43(38,39)22-10-7-6-8-11-22/h6-17,20H,18-19,21H2,1-5H3. The minimum Gasteiger partial charge on any atom is -0.494 e. The highest BCUT2D eigenvalue weighted by molar-refractivity contribution is 7.90. The number of methoxy groups -OCH3 is 2. The van der Waals surface area contributed by atoms with Gasteiger partial charge in [-0.15, -0.1) is 0 Å². The third-order valence-electron chi connectivity index (χ3n) is 7.29. The topological polar surface area (TPSA) is 102 Å². The zero-order valence-electron chi connectivity index (χ0n) is 25.2. The molecule has 0 aliphatic heterocycles. The molecule has 0 unspecified atom stereocenters. The number of nitrogens with zero attached hydrogens (tertiary/aromatic N) is 3. The van der Waals surface area contributed by atoms with Gasteiger partial charge in [-0.25, -0.2) is 26.6 Å². The van der Waals surface area contributed by atoms with Crippen LogP contribution in [0.4, 0.5) is 4.39 Å². The van der Waals surface area contributed by atoms with Gasteiger partial charge in [-0.3, -0.25) is 0 Å². The smallest absolute Gasteiger partial charge is 0.340 e. The summed E-state index contributed by atoms with van der Waals surface area (Å²) in [6.45, 7) is 7.19. The quantitative estimate of drug-likeness (QED) is 0.0909. The molecule has 0 aliphatic rings. The van der Waals surface area contributed by atoms with Crippen molar-refractivity contribution in [2.45, 2.75) is 37.3 Å². The fourth-order valence-corrected chi connectivity index (χ4v) is 7.07. The Balaban J connectivity index is 1.74. The highest BCUT2D eigenvalue weighted by Gasteiger charge is 2.28. The van der Waals surface area contributed by atoms with Gasteiger partial charge in [-0.2, -0.15) is 0 Å². The Morgan fingerprint density at radius 1 is 0.977 bits per heavy atom. The SMILES string of the molecule is COC(=O)c1cc(-c2ccnc3c2ccn3S(=O)(=O)c2ccccc2)n(COCC[Si](C)(C)C)c1-c1cccc(OC)c1F. The maximum atomic E-state index is 15.8. The van der Waals surface area contributed by atoms with E-state index < -0.39 is 29.9 Å². The van der Waals surface area contributed by atoms with E-state index in [9.17, 15) is 13.2 Å². The van der Waals surface area contributed by atoms with Crippen LogP contribution >= 0.6 is 0 Å². The average Bonchev–Trinajstić information content (AvgIpc) is 3.62.